The highest BCUT2D eigenvalue weighted by atomic mass is 32.2. The van der Waals surface area contributed by atoms with E-state index in [1.807, 2.05) is 18.4 Å². The first-order valence-corrected chi connectivity index (χ1v) is 9.94. The maximum atomic E-state index is 12.8. The van der Waals surface area contributed by atoms with Gasteiger partial charge in [0.05, 0.1) is 6.54 Å². The van der Waals surface area contributed by atoms with Crippen LogP contribution in [0.2, 0.25) is 0 Å². The summed E-state index contributed by atoms with van der Waals surface area (Å²) in [7, 11) is 0. The molecule has 2 N–H and O–H groups in total. The Morgan fingerprint density at radius 1 is 1.14 bits per heavy atom. The number of hydrogen-bond donors (Lipinski definition) is 2. The van der Waals surface area contributed by atoms with Crippen molar-refractivity contribution in [2.24, 2.45) is 0 Å². The Hall–Kier alpha value is -3.46. The predicted octanol–water partition coefficient (Wildman–Crippen LogP) is 2.29. The van der Waals surface area contributed by atoms with Crippen LogP contribution in [0.25, 0.3) is 0 Å². The Morgan fingerprint density at radius 2 is 1.90 bits per heavy atom. The number of ether oxygens (including phenoxy) is 2. The molecule has 148 valence electrons. The number of H-pyrrole nitrogens is 1. The van der Waals surface area contributed by atoms with Gasteiger partial charge >= 0.3 is 5.69 Å². The number of nitrogens with zero attached hydrogens (tertiary/aromatic N) is 1. The molecule has 0 saturated heterocycles. The van der Waals surface area contributed by atoms with Crippen molar-refractivity contribution in [2.75, 3.05) is 18.4 Å². The number of anilines is 1. The van der Waals surface area contributed by atoms with Gasteiger partial charge in [0.25, 0.3) is 11.5 Å². The first-order valence-electron chi connectivity index (χ1n) is 8.71. The van der Waals surface area contributed by atoms with Crippen LogP contribution in [0.4, 0.5) is 5.69 Å². The van der Waals surface area contributed by atoms with Gasteiger partial charge in [0.1, 0.15) is 5.56 Å². The third-order valence-corrected chi connectivity index (χ3v) is 5.17. The van der Waals surface area contributed by atoms with Crippen molar-refractivity contribution in [2.45, 2.75) is 11.4 Å². The summed E-state index contributed by atoms with van der Waals surface area (Å²) in [5.74, 6) is 0.563. The van der Waals surface area contributed by atoms with Gasteiger partial charge in [0, 0.05) is 16.8 Å². The number of fused-ring (bicyclic) bond motifs is 1. The zero-order valence-electron chi connectivity index (χ0n) is 15.4. The smallest absolute Gasteiger partial charge is 0.328 e. The summed E-state index contributed by atoms with van der Waals surface area (Å²) in [6, 6.07) is 12.4. The fraction of sp³-hybridized carbons (Fsp3) is 0.150. The van der Waals surface area contributed by atoms with E-state index in [0.717, 1.165) is 15.7 Å². The lowest BCUT2D eigenvalue weighted by atomic mass is 10.2. The number of thioether (sulfide) groups is 1. The molecule has 29 heavy (non-hydrogen) atoms. The topological polar surface area (TPSA) is 102 Å². The minimum atomic E-state index is -0.676. The summed E-state index contributed by atoms with van der Waals surface area (Å²) >= 11 is 1.58. The van der Waals surface area contributed by atoms with E-state index >= 15 is 0 Å². The van der Waals surface area contributed by atoms with Crippen molar-refractivity contribution in [1.29, 1.82) is 0 Å². The van der Waals surface area contributed by atoms with Gasteiger partial charge in [-0.15, -0.1) is 11.8 Å². The molecule has 0 atom stereocenters. The predicted molar refractivity (Wildman–Crippen MR) is 109 cm³/mol. The van der Waals surface area contributed by atoms with Crippen LogP contribution < -0.4 is 26.0 Å². The number of benzene rings is 2. The van der Waals surface area contributed by atoms with Crippen molar-refractivity contribution in [3.05, 3.63) is 80.6 Å². The van der Waals surface area contributed by atoms with Gasteiger partial charge in [-0.3, -0.25) is 14.2 Å². The maximum absolute atomic E-state index is 12.8. The van der Waals surface area contributed by atoms with Gasteiger partial charge in [-0.2, -0.15) is 0 Å². The Balaban J connectivity index is 1.59. The van der Waals surface area contributed by atoms with Crippen LogP contribution in [0.5, 0.6) is 11.5 Å². The average molecular weight is 411 g/mol. The summed E-state index contributed by atoms with van der Waals surface area (Å²) < 4.78 is 11.6. The number of aromatic amines is 1. The van der Waals surface area contributed by atoms with Crippen molar-refractivity contribution in [1.82, 2.24) is 9.55 Å². The second-order valence-electron chi connectivity index (χ2n) is 6.27. The van der Waals surface area contributed by atoms with E-state index in [1.54, 1.807) is 42.1 Å². The molecule has 0 saturated carbocycles. The van der Waals surface area contributed by atoms with E-state index < -0.39 is 17.2 Å². The highest BCUT2D eigenvalue weighted by Gasteiger charge is 2.17. The van der Waals surface area contributed by atoms with Crippen LogP contribution in [-0.2, 0) is 6.54 Å². The van der Waals surface area contributed by atoms with E-state index in [1.165, 1.54) is 0 Å². The quantitative estimate of drug-likeness (QED) is 0.625. The fourth-order valence-corrected chi connectivity index (χ4v) is 3.32. The molecule has 1 aliphatic heterocycles. The molecule has 0 aliphatic carbocycles. The number of nitrogens with one attached hydrogen (secondary N) is 2. The summed E-state index contributed by atoms with van der Waals surface area (Å²) in [6.07, 6.45) is 3.09. The van der Waals surface area contributed by atoms with Crippen molar-refractivity contribution >= 4 is 23.4 Å². The molecule has 4 rings (SSSR count). The van der Waals surface area contributed by atoms with E-state index in [4.69, 9.17) is 9.47 Å². The SMILES string of the molecule is CSc1ccc(NC(=O)c2c[nH]c(=O)n(Cc3ccc4c(c3)OCO4)c2=O)cc1. The van der Waals surface area contributed by atoms with Crippen LogP contribution >= 0.6 is 11.8 Å². The van der Waals surface area contributed by atoms with Crippen LogP contribution in [0.1, 0.15) is 15.9 Å². The van der Waals surface area contributed by atoms with Crippen LogP contribution in [0.15, 0.2) is 63.1 Å². The Bertz CT molecular complexity index is 1180. The number of rotatable bonds is 5. The summed E-state index contributed by atoms with van der Waals surface area (Å²) in [6.45, 7) is 0.126. The monoisotopic (exact) mass is 411 g/mol. The normalized spacial score (nSPS) is 12.0. The second-order valence-corrected chi connectivity index (χ2v) is 7.15. The molecular weight excluding hydrogens is 394 g/mol. The molecule has 3 aromatic rings. The second kappa shape index (κ2) is 7.88. The maximum Gasteiger partial charge on any atom is 0.328 e. The molecule has 0 spiro atoms. The molecule has 1 amide bonds. The largest absolute Gasteiger partial charge is 0.454 e. The lowest BCUT2D eigenvalue weighted by Gasteiger charge is -2.09. The minimum Gasteiger partial charge on any atom is -0.454 e. The third kappa shape index (κ3) is 3.90. The molecular formula is C20H17N3O5S. The summed E-state index contributed by atoms with van der Waals surface area (Å²) in [4.78, 5) is 41.1. The summed E-state index contributed by atoms with van der Waals surface area (Å²) in [5.41, 5.74) is -0.203. The van der Waals surface area contributed by atoms with Gasteiger partial charge in [-0.1, -0.05) is 6.07 Å². The van der Waals surface area contributed by atoms with E-state index in [0.29, 0.717) is 22.7 Å². The lowest BCUT2D eigenvalue weighted by Crippen LogP contribution is -2.39. The number of hydrogen-bond acceptors (Lipinski definition) is 6. The van der Waals surface area contributed by atoms with E-state index in [-0.39, 0.29) is 18.9 Å². The Kier molecular flexibility index (Phi) is 5.13. The highest BCUT2D eigenvalue weighted by molar-refractivity contribution is 7.98. The zero-order valence-corrected chi connectivity index (χ0v) is 16.2. The molecule has 2 aromatic carbocycles. The third-order valence-electron chi connectivity index (χ3n) is 4.43. The van der Waals surface area contributed by atoms with Gasteiger partial charge in [0.2, 0.25) is 6.79 Å². The van der Waals surface area contributed by atoms with Crippen molar-refractivity contribution < 1.29 is 14.3 Å². The van der Waals surface area contributed by atoms with Crippen LogP contribution in [0.3, 0.4) is 0 Å². The minimum absolute atomic E-state index is 0.00561. The average Bonchev–Trinajstić information content (AvgIpc) is 3.19. The molecule has 0 fully saturated rings. The van der Waals surface area contributed by atoms with E-state index in [9.17, 15) is 14.4 Å². The number of carbonyl (C=O) groups excluding carboxylic acids is 1. The molecule has 9 heteroatoms. The van der Waals surface area contributed by atoms with Gasteiger partial charge in [0.15, 0.2) is 11.5 Å². The number of carbonyl (C=O) groups is 1. The van der Waals surface area contributed by atoms with Gasteiger partial charge in [-0.05, 0) is 48.2 Å². The standard InChI is InChI=1S/C20H17N3O5S/c1-29-14-5-3-13(4-6-14)22-18(24)15-9-21-20(26)23(19(15)25)10-12-2-7-16-17(8-12)28-11-27-16/h2-9H,10-11H2,1H3,(H,21,26)(H,22,24). The Morgan fingerprint density at radius 3 is 2.66 bits per heavy atom. The Labute approximate surface area is 169 Å². The van der Waals surface area contributed by atoms with Crippen LogP contribution in [0, 0.1) is 0 Å². The van der Waals surface area contributed by atoms with Crippen LogP contribution in [-0.4, -0.2) is 28.5 Å². The van der Waals surface area contributed by atoms with Crippen molar-refractivity contribution in [3.8, 4) is 11.5 Å². The number of amides is 1. The van der Waals surface area contributed by atoms with Gasteiger partial charge < -0.3 is 19.8 Å². The molecule has 0 radical (unpaired) electrons. The lowest BCUT2D eigenvalue weighted by molar-refractivity contribution is 0.102. The summed E-state index contributed by atoms with van der Waals surface area (Å²) in [5, 5.41) is 2.67. The number of aromatic nitrogens is 2. The molecule has 0 unspecified atom stereocenters. The molecule has 1 aromatic heterocycles. The first kappa shape index (κ1) is 18.9. The fourth-order valence-electron chi connectivity index (χ4n) is 2.91. The zero-order chi connectivity index (χ0) is 20.4. The van der Waals surface area contributed by atoms with Crippen molar-refractivity contribution in [3.63, 3.8) is 0 Å². The molecule has 8 nitrogen and oxygen atoms in total. The first-order chi connectivity index (χ1) is 14.0. The highest BCUT2D eigenvalue weighted by Crippen LogP contribution is 2.32. The molecule has 1 aliphatic rings. The van der Waals surface area contributed by atoms with E-state index in [2.05, 4.69) is 10.3 Å². The van der Waals surface area contributed by atoms with Gasteiger partial charge in [-0.25, -0.2) is 4.79 Å². The molecule has 0 bridgehead atoms. The molecule has 2 heterocycles.